The number of aryl methyl sites for hydroxylation is 1. The molecule has 0 aliphatic heterocycles. The number of aromatic amines is 1. The quantitative estimate of drug-likeness (QED) is 0.819. The van der Waals surface area contributed by atoms with Crippen LogP contribution in [0, 0.1) is 10.9 Å². The Hall–Kier alpha value is -1.13. The average Bonchev–Trinajstić information content (AvgIpc) is 2.66. The van der Waals surface area contributed by atoms with Crippen molar-refractivity contribution in [3.05, 3.63) is 33.1 Å². The van der Waals surface area contributed by atoms with Gasteiger partial charge in [0, 0.05) is 4.88 Å². The van der Waals surface area contributed by atoms with E-state index >= 15 is 0 Å². The molecule has 0 amide bonds. The van der Waals surface area contributed by atoms with E-state index < -0.39 is 0 Å². The van der Waals surface area contributed by atoms with Gasteiger partial charge in [-0.25, -0.2) is 0 Å². The van der Waals surface area contributed by atoms with E-state index in [1.54, 1.807) is 11.3 Å². The van der Waals surface area contributed by atoms with Gasteiger partial charge in [-0.05, 0) is 55.4 Å². The molecule has 1 heterocycles. The Balaban J connectivity index is 2.23. The molecule has 1 aromatic carbocycles. The highest BCUT2D eigenvalue weighted by molar-refractivity contribution is 7.73. The topological polar surface area (TPSA) is 25.0 Å². The molecular formula is C13H15NOS2. The number of hydrogen-bond donors (Lipinski definition) is 1. The molecule has 1 N–H and O–H groups in total. The molecule has 2 nitrogen and oxygen atoms in total. The number of benzene rings is 1. The first-order valence-electron chi connectivity index (χ1n) is 5.63. The molecule has 17 heavy (non-hydrogen) atoms. The van der Waals surface area contributed by atoms with Crippen molar-refractivity contribution in [1.82, 2.24) is 4.98 Å². The second-order valence-corrected chi connectivity index (χ2v) is 5.71. The maximum absolute atomic E-state index is 5.55. The van der Waals surface area contributed by atoms with Gasteiger partial charge >= 0.3 is 0 Å². The molecule has 0 saturated carbocycles. The van der Waals surface area contributed by atoms with Crippen LogP contribution in [-0.4, -0.2) is 11.6 Å². The van der Waals surface area contributed by atoms with E-state index in [4.69, 9.17) is 17.0 Å². The summed E-state index contributed by atoms with van der Waals surface area (Å²) in [7, 11) is 0. The molecule has 0 unspecified atom stereocenters. The molecule has 0 fully saturated rings. The SMILES string of the molecule is CCCOc1ccc(-c2[nH]c(=S)sc2C)cc1. The fraction of sp³-hybridized carbons (Fsp3) is 0.308. The molecule has 90 valence electrons. The molecule has 4 heteroatoms. The van der Waals surface area contributed by atoms with Crippen LogP contribution in [-0.2, 0) is 0 Å². The molecule has 0 spiro atoms. The lowest BCUT2D eigenvalue weighted by Crippen LogP contribution is -1.94. The summed E-state index contributed by atoms with van der Waals surface area (Å²) in [5.41, 5.74) is 2.26. The number of thiazole rings is 1. The number of nitrogens with one attached hydrogen (secondary N) is 1. The van der Waals surface area contributed by atoms with Crippen molar-refractivity contribution in [3.63, 3.8) is 0 Å². The summed E-state index contributed by atoms with van der Waals surface area (Å²) in [6, 6.07) is 8.12. The van der Waals surface area contributed by atoms with Gasteiger partial charge in [0.15, 0.2) is 3.95 Å². The van der Waals surface area contributed by atoms with Crippen LogP contribution in [0.25, 0.3) is 11.3 Å². The molecule has 0 radical (unpaired) electrons. The van der Waals surface area contributed by atoms with Crippen molar-refractivity contribution in [2.45, 2.75) is 20.3 Å². The first-order valence-corrected chi connectivity index (χ1v) is 6.86. The fourth-order valence-corrected chi connectivity index (χ4v) is 2.80. The summed E-state index contributed by atoms with van der Waals surface area (Å²) in [6.45, 7) is 4.94. The van der Waals surface area contributed by atoms with E-state index in [2.05, 4.69) is 31.0 Å². The van der Waals surface area contributed by atoms with Gasteiger partial charge < -0.3 is 9.72 Å². The maximum Gasteiger partial charge on any atom is 0.159 e. The van der Waals surface area contributed by atoms with Crippen LogP contribution in [0.1, 0.15) is 18.2 Å². The summed E-state index contributed by atoms with van der Waals surface area (Å²) < 4.78 is 6.38. The Morgan fingerprint density at radius 2 is 2.00 bits per heavy atom. The normalized spacial score (nSPS) is 10.5. The molecule has 0 saturated heterocycles. The van der Waals surface area contributed by atoms with Crippen LogP contribution < -0.4 is 4.74 Å². The number of hydrogen-bond acceptors (Lipinski definition) is 3. The molecule has 2 rings (SSSR count). The zero-order chi connectivity index (χ0) is 12.3. The largest absolute Gasteiger partial charge is 0.494 e. The van der Waals surface area contributed by atoms with Crippen molar-refractivity contribution in [2.24, 2.45) is 0 Å². The predicted octanol–water partition coefficient (Wildman–Crippen LogP) is 4.57. The zero-order valence-electron chi connectivity index (χ0n) is 9.95. The lowest BCUT2D eigenvalue weighted by atomic mass is 10.1. The Kier molecular flexibility index (Phi) is 3.97. The van der Waals surface area contributed by atoms with Crippen LogP contribution in [0.3, 0.4) is 0 Å². The highest BCUT2D eigenvalue weighted by Crippen LogP contribution is 2.27. The van der Waals surface area contributed by atoms with E-state index in [1.807, 2.05) is 12.1 Å². The zero-order valence-corrected chi connectivity index (χ0v) is 11.6. The standard InChI is InChI=1S/C13H15NOS2/c1-3-8-15-11-6-4-10(5-7-11)12-9(2)17-13(16)14-12/h4-7H,3,8H2,1-2H3,(H,14,16). The van der Waals surface area contributed by atoms with Crippen LogP contribution in [0.2, 0.25) is 0 Å². The lowest BCUT2D eigenvalue weighted by molar-refractivity contribution is 0.317. The predicted molar refractivity (Wildman–Crippen MR) is 75.5 cm³/mol. The molecule has 0 aliphatic rings. The number of ether oxygens (including phenoxy) is 1. The molecule has 2 aromatic rings. The summed E-state index contributed by atoms with van der Waals surface area (Å²) >= 11 is 6.75. The lowest BCUT2D eigenvalue weighted by Gasteiger charge is -2.05. The second-order valence-electron chi connectivity index (χ2n) is 3.82. The van der Waals surface area contributed by atoms with Gasteiger partial charge in [0.1, 0.15) is 5.75 Å². The number of H-pyrrole nitrogens is 1. The summed E-state index contributed by atoms with van der Waals surface area (Å²) in [4.78, 5) is 4.44. The van der Waals surface area contributed by atoms with E-state index in [0.29, 0.717) is 0 Å². The molecule has 0 aliphatic carbocycles. The fourth-order valence-electron chi connectivity index (χ4n) is 1.62. The smallest absolute Gasteiger partial charge is 0.159 e. The summed E-state index contributed by atoms with van der Waals surface area (Å²) in [5, 5.41) is 0. The van der Waals surface area contributed by atoms with Gasteiger partial charge in [-0.15, -0.1) is 11.3 Å². The Morgan fingerprint density at radius 1 is 1.29 bits per heavy atom. The van der Waals surface area contributed by atoms with E-state index in [9.17, 15) is 0 Å². The first kappa shape index (κ1) is 12.3. The van der Waals surface area contributed by atoms with Gasteiger partial charge in [0.2, 0.25) is 0 Å². The number of rotatable bonds is 4. The third-order valence-corrected chi connectivity index (χ3v) is 3.59. The Labute approximate surface area is 110 Å². The molecule has 1 aromatic heterocycles. The highest BCUT2D eigenvalue weighted by Gasteiger charge is 2.04. The van der Waals surface area contributed by atoms with Gasteiger partial charge in [-0.1, -0.05) is 6.92 Å². The minimum atomic E-state index is 0.763. The Morgan fingerprint density at radius 3 is 2.53 bits per heavy atom. The van der Waals surface area contributed by atoms with E-state index in [1.165, 1.54) is 4.88 Å². The molecular weight excluding hydrogens is 250 g/mol. The van der Waals surface area contributed by atoms with Crippen molar-refractivity contribution >= 4 is 23.6 Å². The highest BCUT2D eigenvalue weighted by atomic mass is 32.1. The average molecular weight is 265 g/mol. The third kappa shape index (κ3) is 2.96. The van der Waals surface area contributed by atoms with Crippen molar-refractivity contribution < 1.29 is 4.74 Å². The van der Waals surface area contributed by atoms with Crippen LogP contribution in [0.15, 0.2) is 24.3 Å². The molecule has 0 bridgehead atoms. The van der Waals surface area contributed by atoms with Gasteiger partial charge in [-0.3, -0.25) is 0 Å². The van der Waals surface area contributed by atoms with Crippen molar-refractivity contribution in [3.8, 4) is 17.0 Å². The summed E-state index contributed by atoms with van der Waals surface area (Å²) in [5.74, 6) is 0.919. The first-order chi connectivity index (χ1) is 8.20. The van der Waals surface area contributed by atoms with Crippen molar-refractivity contribution in [2.75, 3.05) is 6.61 Å². The third-order valence-electron chi connectivity index (χ3n) is 2.44. The molecule has 0 atom stereocenters. The van der Waals surface area contributed by atoms with Crippen LogP contribution in [0.5, 0.6) is 5.75 Å². The van der Waals surface area contributed by atoms with Gasteiger partial charge in [0.25, 0.3) is 0 Å². The maximum atomic E-state index is 5.55. The second kappa shape index (κ2) is 5.47. The van der Waals surface area contributed by atoms with Crippen molar-refractivity contribution in [1.29, 1.82) is 0 Å². The van der Waals surface area contributed by atoms with Gasteiger partial charge in [0.05, 0.1) is 12.3 Å². The van der Waals surface area contributed by atoms with Gasteiger partial charge in [-0.2, -0.15) is 0 Å². The minimum Gasteiger partial charge on any atom is -0.494 e. The van der Waals surface area contributed by atoms with Crippen LogP contribution >= 0.6 is 23.6 Å². The monoisotopic (exact) mass is 265 g/mol. The number of aromatic nitrogens is 1. The Bertz CT molecular complexity index is 539. The van der Waals surface area contributed by atoms with E-state index in [0.717, 1.165) is 34.0 Å². The minimum absolute atomic E-state index is 0.763. The summed E-state index contributed by atoms with van der Waals surface area (Å²) in [6.07, 6.45) is 1.03. The van der Waals surface area contributed by atoms with E-state index in [-0.39, 0.29) is 0 Å². The van der Waals surface area contributed by atoms with Crippen LogP contribution in [0.4, 0.5) is 0 Å².